The SMILES string of the molecule is Cc1ccc2sc(-c3ccccc3Cl)nc2c1C. The van der Waals surface area contributed by atoms with Crippen molar-refractivity contribution < 1.29 is 0 Å². The first-order valence-electron chi connectivity index (χ1n) is 5.78. The molecule has 1 nitrogen and oxygen atoms in total. The molecule has 2 aromatic carbocycles. The van der Waals surface area contributed by atoms with Crippen LogP contribution >= 0.6 is 22.9 Å². The van der Waals surface area contributed by atoms with E-state index in [0.717, 1.165) is 21.1 Å². The van der Waals surface area contributed by atoms with Gasteiger partial charge in [-0.1, -0.05) is 35.9 Å². The molecule has 0 saturated heterocycles. The Balaban J connectivity index is 2.26. The zero-order valence-electron chi connectivity index (χ0n) is 10.2. The average Bonchev–Trinajstić information content (AvgIpc) is 2.79. The summed E-state index contributed by atoms with van der Waals surface area (Å²) in [5.41, 5.74) is 4.63. The number of fused-ring (bicyclic) bond motifs is 1. The number of hydrogen-bond donors (Lipinski definition) is 0. The third-order valence-electron chi connectivity index (χ3n) is 3.19. The molecule has 0 N–H and O–H groups in total. The van der Waals surface area contributed by atoms with Crippen molar-refractivity contribution >= 4 is 33.2 Å². The molecule has 0 atom stereocenters. The molecule has 0 bridgehead atoms. The van der Waals surface area contributed by atoms with Gasteiger partial charge in [0.15, 0.2) is 0 Å². The molecule has 0 aliphatic carbocycles. The Labute approximate surface area is 115 Å². The van der Waals surface area contributed by atoms with Crippen LogP contribution in [0.5, 0.6) is 0 Å². The molecule has 0 unspecified atom stereocenters. The van der Waals surface area contributed by atoms with Crippen LogP contribution in [0.25, 0.3) is 20.8 Å². The van der Waals surface area contributed by atoms with E-state index in [1.54, 1.807) is 11.3 Å². The predicted molar refractivity (Wildman–Crippen MR) is 79.5 cm³/mol. The number of aryl methyl sites for hydroxylation is 2. The highest BCUT2D eigenvalue weighted by Crippen LogP contribution is 2.35. The highest BCUT2D eigenvalue weighted by atomic mass is 35.5. The van der Waals surface area contributed by atoms with E-state index in [-0.39, 0.29) is 0 Å². The van der Waals surface area contributed by atoms with Crippen molar-refractivity contribution in [3.05, 3.63) is 52.5 Å². The Morgan fingerprint density at radius 2 is 1.83 bits per heavy atom. The van der Waals surface area contributed by atoms with Gasteiger partial charge in [-0.2, -0.15) is 0 Å². The first-order chi connectivity index (χ1) is 8.66. The smallest absolute Gasteiger partial charge is 0.126 e. The fourth-order valence-corrected chi connectivity index (χ4v) is 3.32. The summed E-state index contributed by atoms with van der Waals surface area (Å²) in [7, 11) is 0. The monoisotopic (exact) mass is 273 g/mol. The quantitative estimate of drug-likeness (QED) is 0.591. The van der Waals surface area contributed by atoms with Gasteiger partial charge >= 0.3 is 0 Å². The van der Waals surface area contributed by atoms with Gasteiger partial charge in [-0.25, -0.2) is 4.98 Å². The molecule has 3 aromatic rings. The van der Waals surface area contributed by atoms with Crippen LogP contribution in [0.4, 0.5) is 0 Å². The number of nitrogens with zero attached hydrogens (tertiary/aromatic N) is 1. The molecule has 1 heterocycles. The lowest BCUT2D eigenvalue weighted by atomic mass is 10.1. The molecule has 0 aliphatic rings. The minimum absolute atomic E-state index is 0.755. The Kier molecular flexibility index (Phi) is 2.84. The van der Waals surface area contributed by atoms with E-state index >= 15 is 0 Å². The summed E-state index contributed by atoms with van der Waals surface area (Å²) < 4.78 is 1.22. The van der Waals surface area contributed by atoms with Crippen LogP contribution in [0.3, 0.4) is 0 Å². The molecule has 0 fully saturated rings. The Bertz CT molecular complexity index is 730. The minimum atomic E-state index is 0.755. The molecule has 0 spiro atoms. The molecule has 18 heavy (non-hydrogen) atoms. The summed E-state index contributed by atoms with van der Waals surface area (Å²) in [6.45, 7) is 4.23. The van der Waals surface area contributed by atoms with Gasteiger partial charge in [-0.15, -0.1) is 11.3 Å². The van der Waals surface area contributed by atoms with Gasteiger partial charge in [0.05, 0.1) is 15.2 Å². The van der Waals surface area contributed by atoms with E-state index in [0.29, 0.717) is 0 Å². The summed E-state index contributed by atoms with van der Waals surface area (Å²) >= 11 is 7.92. The lowest BCUT2D eigenvalue weighted by Gasteiger charge is -1.99. The van der Waals surface area contributed by atoms with Gasteiger partial charge < -0.3 is 0 Å². The van der Waals surface area contributed by atoms with E-state index in [1.807, 2.05) is 24.3 Å². The Hall–Kier alpha value is -1.38. The van der Waals surface area contributed by atoms with Crippen LogP contribution in [0, 0.1) is 13.8 Å². The van der Waals surface area contributed by atoms with Crippen LogP contribution < -0.4 is 0 Å². The van der Waals surface area contributed by atoms with Crippen LogP contribution in [0.2, 0.25) is 5.02 Å². The molecular weight excluding hydrogens is 262 g/mol. The summed E-state index contributed by atoms with van der Waals surface area (Å²) in [6.07, 6.45) is 0. The van der Waals surface area contributed by atoms with E-state index in [4.69, 9.17) is 16.6 Å². The Morgan fingerprint density at radius 3 is 2.61 bits per heavy atom. The molecule has 3 heteroatoms. The normalized spacial score (nSPS) is 11.1. The molecular formula is C15H12ClNS. The maximum atomic E-state index is 6.22. The van der Waals surface area contributed by atoms with Gasteiger partial charge in [0.1, 0.15) is 5.01 Å². The van der Waals surface area contributed by atoms with Gasteiger partial charge in [-0.3, -0.25) is 0 Å². The lowest BCUT2D eigenvalue weighted by Crippen LogP contribution is -1.82. The second-order valence-corrected chi connectivity index (χ2v) is 5.79. The summed E-state index contributed by atoms with van der Waals surface area (Å²) in [5.74, 6) is 0. The number of benzene rings is 2. The maximum Gasteiger partial charge on any atom is 0.126 e. The van der Waals surface area contributed by atoms with E-state index in [2.05, 4.69) is 26.0 Å². The number of hydrogen-bond acceptors (Lipinski definition) is 2. The fourth-order valence-electron chi connectivity index (χ4n) is 1.98. The first-order valence-corrected chi connectivity index (χ1v) is 6.98. The molecule has 0 saturated carbocycles. The average molecular weight is 274 g/mol. The second kappa shape index (κ2) is 4.38. The van der Waals surface area contributed by atoms with Crippen LogP contribution in [0.1, 0.15) is 11.1 Å². The third kappa shape index (κ3) is 1.82. The highest BCUT2D eigenvalue weighted by molar-refractivity contribution is 7.21. The molecule has 0 radical (unpaired) electrons. The number of halogens is 1. The van der Waals surface area contributed by atoms with Gasteiger partial charge in [0.2, 0.25) is 0 Å². The standard InChI is InChI=1S/C15H12ClNS/c1-9-7-8-13-14(10(9)2)17-15(18-13)11-5-3-4-6-12(11)16/h3-8H,1-2H3. The second-order valence-electron chi connectivity index (χ2n) is 4.35. The lowest BCUT2D eigenvalue weighted by molar-refractivity contribution is 1.34. The summed E-state index contributed by atoms with van der Waals surface area (Å²) in [6, 6.07) is 12.1. The molecule has 1 aromatic heterocycles. The zero-order chi connectivity index (χ0) is 12.7. The minimum Gasteiger partial charge on any atom is -0.236 e. The van der Waals surface area contributed by atoms with Crippen molar-refractivity contribution in [2.45, 2.75) is 13.8 Å². The zero-order valence-corrected chi connectivity index (χ0v) is 11.8. The van der Waals surface area contributed by atoms with E-state index in [1.165, 1.54) is 15.8 Å². The van der Waals surface area contributed by atoms with Crippen molar-refractivity contribution in [1.82, 2.24) is 4.98 Å². The fraction of sp³-hybridized carbons (Fsp3) is 0.133. The third-order valence-corrected chi connectivity index (χ3v) is 4.57. The van der Waals surface area contributed by atoms with Crippen molar-refractivity contribution in [2.75, 3.05) is 0 Å². The predicted octanol–water partition coefficient (Wildman–Crippen LogP) is 5.23. The van der Waals surface area contributed by atoms with Crippen molar-refractivity contribution in [2.24, 2.45) is 0 Å². The van der Waals surface area contributed by atoms with E-state index in [9.17, 15) is 0 Å². The van der Waals surface area contributed by atoms with Gasteiger partial charge in [0, 0.05) is 5.56 Å². The molecule has 3 rings (SSSR count). The van der Waals surface area contributed by atoms with Crippen molar-refractivity contribution in [3.8, 4) is 10.6 Å². The van der Waals surface area contributed by atoms with Gasteiger partial charge in [0.25, 0.3) is 0 Å². The molecule has 0 amide bonds. The van der Waals surface area contributed by atoms with Crippen LogP contribution in [-0.2, 0) is 0 Å². The van der Waals surface area contributed by atoms with Crippen molar-refractivity contribution in [3.63, 3.8) is 0 Å². The van der Waals surface area contributed by atoms with Crippen molar-refractivity contribution in [1.29, 1.82) is 0 Å². The van der Waals surface area contributed by atoms with Gasteiger partial charge in [-0.05, 0) is 37.1 Å². The molecule has 0 aliphatic heterocycles. The number of aromatic nitrogens is 1. The molecule has 90 valence electrons. The Morgan fingerprint density at radius 1 is 1.06 bits per heavy atom. The first kappa shape index (κ1) is 11.7. The van der Waals surface area contributed by atoms with E-state index < -0.39 is 0 Å². The summed E-state index contributed by atoms with van der Waals surface area (Å²) in [5, 5.41) is 1.75. The van der Waals surface area contributed by atoms with Crippen LogP contribution in [0.15, 0.2) is 36.4 Å². The number of rotatable bonds is 1. The highest BCUT2D eigenvalue weighted by Gasteiger charge is 2.11. The topological polar surface area (TPSA) is 12.9 Å². The summed E-state index contributed by atoms with van der Waals surface area (Å²) in [4.78, 5) is 4.74. The maximum absolute atomic E-state index is 6.22. The number of thiazole rings is 1. The largest absolute Gasteiger partial charge is 0.236 e. The van der Waals surface area contributed by atoms with Crippen LogP contribution in [-0.4, -0.2) is 4.98 Å².